The van der Waals surface area contributed by atoms with Gasteiger partial charge in [-0.25, -0.2) is 0 Å². The zero-order valence-corrected chi connectivity index (χ0v) is 7.00. The topological polar surface area (TPSA) is 32.8 Å². The van der Waals surface area contributed by atoms with Crippen LogP contribution in [0.15, 0.2) is 0 Å². The van der Waals surface area contributed by atoms with Crippen LogP contribution in [0.25, 0.3) is 0 Å². The third-order valence-corrected chi connectivity index (χ3v) is 1.70. The van der Waals surface area contributed by atoms with Gasteiger partial charge in [0.15, 0.2) is 0 Å². The Morgan fingerprint density at radius 2 is 2.27 bits per heavy atom. The molecule has 62 valence electrons. The number of hydrogen-bond donors (Lipinski definition) is 1. The number of epoxide rings is 1. The molecule has 1 heterocycles. The van der Waals surface area contributed by atoms with Gasteiger partial charge in [0, 0.05) is 6.42 Å². The van der Waals surface area contributed by atoms with Crippen LogP contribution in [0.3, 0.4) is 0 Å². The molecule has 0 aromatic heterocycles. The van der Waals surface area contributed by atoms with Crippen LogP contribution in [0.4, 0.5) is 0 Å². The summed E-state index contributed by atoms with van der Waals surface area (Å²) in [6.45, 7) is 3.77. The molecule has 1 rings (SSSR count). The Morgan fingerprint density at radius 3 is 2.73 bits per heavy atom. The van der Waals surface area contributed by atoms with Crippen molar-refractivity contribution in [2.24, 2.45) is 0 Å². The predicted octanol–water partition coefficient (Wildman–Crippen LogP) is 0.938. The molecular weight excluding hydrogens is 140 g/mol. The highest BCUT2D eigenvalue weighted by atomic mass is 16.6. The molecule has 0 radical (unpaired) electrons. The minimum absolute atomic E-state index is 0.339. The van der Waals surface area contributed by atoms with Crippen molar-refractivity contribution in [3.05, 3.63) is 0 Å². The van der Waals surface area contributed by atoms with Gasteiger partial charge < -0.3 is 9.84 Å². The van der Waals surface area contributed by atoms with E-state index in [9.17, 15) is 0 Å². The molecule has 0 bridgehead atoms. The average molecular weight is 154 g/mol. The van der Waals surface area contributed by atoms with Crippen molar-refractivity contribution >= 4 is 0 Å². The van der Waals surface area contributed by atoms with E-state index in [4.69, 9.17) is 9.84 Å². The summed E-state index contributed by atoms with van der Waals surface area (Å²) in [5, 5.41) is 8.79. The zero-order chi connectivity index (χ0) is 8.27. The maximum atomic E-state index is 8.79. The molecule has 1 aliphatic rings. The number of hydrogen-bond acceptors (Lipinski definition) is 2. The Hall–Kier alpha value is -0.520. The fourth-order valence-corrected chi connectivity index (χ4v) is 1.03. The number of aliphatic hydroxyl groups excluding tert-OH is 1. The Bertz CT molecular complexity index is 176. The smallest absolute Gasteiger partial charge is 0.111 e. The van der Waals surface area contributed by atoms with Crippen molar-refractivity contribution < 1.29 is 9.84 Å². The lowest BCUT2D eigenvalue weighted by Crippen LogP contribution is -1.94. The lowest BCUT2D eigenvalue weighted by molar-refractivity contribution is 0.253. The van der Waals surface area contributed by atoms with E-state index in [0.29, 0.717) is 12.2 Å². The van der Waals surface area contributed by atoms with Crippen LogP contribution in [0, 0.1) is 11.8 Å². The van der Waals surface area contributed by atoms with Gasteiger partial charge in [-0.2, -0.15) is 0 Å². The summed E-state index contributed by atoms with van der Waals surface area (Å²) in [7, 11) is 0. The van der Waals surface area contributed by atoms with Gasteiger partial charge in [-0.1, -0.05) is 18.8 Å². The van der Waals surface area contributed by atoms with Crippen molar-refractivity contribution in [2.45, 2.75) is 45.0 Å². The van der Waals surface area contributed by atoms with Crippen LogP contribution < -0.4 is 0 Å². The van der Waals surface area contributed by atoms with Crippen LogP contribution in [0.5, 0.6) is 0 Å². The molecule has 1 N–H and O–H groups in total. The Kier molecular flexibility index (Phi) is 2.92. The van der Waals surface area contributed by atoms with Crippen molar-refractivity contribution in [3.8, 4) is 11.8 Å². The number of ether oxygens (including phenoxy) is 1. The maximum absolute atomic E-state index is 8.79. The first kappa shape index (κ1) is 8.58. The molecule has 0 aromatic rings. The van der Waals surface area contributed by atoms with E-state index < -0.39 is 6.10 Å². The normalized spacial score (nSPS) is 30.5. The second-order valence-electron chi connectivity index (χ2n) is 2.82. The van der Waals surface area contributed by atoms with Crippen molar-refractivity contribution in [3.63, 3.8) is 0 Å². The van der Waals surface area contributed by atoms with Gasteiger partial charge in [-0.3, -0.25) is 0 Å². The van der Waals surface area contributed by atoms with Crippen LogP contribution in [0.2, 0.25) is 0 Å². The van der Waals surface area contributed by atoms with E-state index in [1.165, 1.54) is 0 Å². The van der Waals surface area contributed by atoms with Crippen molar-refractivity contribution in [1.29, 1.82) is 0 Å². The summed E-state index contributed by atoms with van der Waals surface area (Å²) in [5.41, 5.74) is 0. The molecule has 1 aliphatic heterocycles. The van der Waals surface area contributed by atoms with Crippen LogP contribution in [-0.4, -0.2) is 23.4 Å². The monoisotopic (exact) mass is 154 g/mol. The first-order valence-electron chi connectivity index (χ1n) is 4.06. The Labute approximate surface area is 67.6 Å². The second kappa shape index (κ2) is 3.75. The van der Waals surface area contributed by atoms with E-state index in [-0.39, 0.29) is 0 Å². The van der Waals surface area contributed by atoms with E-state index in [1.54, 1.807) is 6.92 Å². The lowest BCUT2D eigenvalue weighted by atomic mass is 10.2. The number of aliphatic hydroxyl groups is 1. The molecule has 11 heavy (non-hydrogen) atoms. The predicted molar refractivity (Wildman–Crippen MR) is 43.0 cm³/mol. The third kappa shape index (κ3) is 2.92. The largest absolute Gasteiger partial charge is 0.381 e. The van der Waals surface area contributed by atoms with E-state index in [2.05, 4.69) is 18.8 Å². The molecule has 1 fully saturated rings. The first-order valence-corrected chi connectivity index (χ1v) is 4.06. The fourth-order valence-electron chi connectivity index (χ4n) is 1.03. The van der Waals surface area contributed by atoms with Crippen LogP contribution in [-0.2, 0) is 4.74 Å². The molecular formula is C9H14O2. The lowest BCUT2D eigenvalue weighted by Gasteiger charge is -1.86. The van der Waals surface area contributed by atoms with Gasteiger partial charge in [0.25, 0.3) is 0 Å². The standard InChI is InChI=1S/C9H14O2/c1-3-8-9(11-8)6-4-5-7(2)10/h7-10H,3,6H2,1-2H3. The average Bonchev–Trinajstić information content (AvgIpc) is 2.66. The molecule has 0 spiro atoms. The fraction of sp³-hybridized carbons (Fsp3) is 0.778. The minimum atomic E-state index is -0.506. The highest BCUT2D eigenvalue weighted by Gasteiger charge is 2.35. The van der Waals surface area contributed by atoms with Gasteiger partial charge in [-0.15, -0.1) is 0 Å². The molecule has 1 saturated heterocycles. The summed E-state index contributed by atoms with van der Waals surface area (Å²) < 4.78 is 5.26. The summed E-state index contributed by atoms with van der Waals surface area (Å²) in [6.07, 6.45) is 2.10. The van der Waals surface area contributed by atoms with Gasteiger partial charge in [0.05, 0.1) is 12.2 Å². The third-order valence-electron chi connectivity index (χ3n) is 1.70. The van der Waals surface area contributed by atoms with Crippen molar-refractivity contribution in [2.75, 3.05) is 0 Å². The molecule has 3 unspecified atom stereocenters. The molecule has 0 aliphatic carbocycles. The SMILES string of the molecule is CCC1OC1CC#CC(C)O. The highest BCUT2D eigenvalue weighted by Crippen LogP contribution is 2.27. The van der Waals surface area contributed by atoms with Gasteiger partial charge >= 0.3 is 0 Å². The summed E-state index contributed by atoms with van der Waals surface area (Å²) in [5.74, 6) is 5.57. The molecule has 3 atom stereocenters. The summed E-state index contributed by atoms with van der Waals surface area (Å²) >= 11 is 0. The second-order valence-corrected chi connectivity index (χ2v) is 2.82. The van der Waals surface area contributed by atoms with Crippen LogP contribution >= 0.6 is 0 Å². The van der Waals surface area contributed by atoms with E-state index >= 15 is 0 Å². The zero-order valence-electron chi connectivity index (χ0n) is 7.00. The summed E-state index contributed by atoms with van der Waals surface area (Å²) in [6, 6.07) is 0. The molecule has 0 amide bonds. The maximum Gasteiger partial charge on any atom is 0.111 e. The summed E-state index contributed by atoms with van der Waals surface area (Å²) in [4.78, 5) is 0. The van der Waals surface area contributed by atoms with Gasteiger partial charge in [0.2, 0.25) is 0 Å². The highest BCUT2D eigenvalue weighted by molar-refractivity contribution is 5.07. The first-order chi connectivity index (χ1) is 5.24. The Balaban J connectivity index is 2.11. The van der Waals surface area contributed by atoms with Crippen LogP contribution in [0.1, 0.15) is 26.7 Å². The Morgan fingerprint density at radius 1 is 1.55 bits per heavy atom. The molecule has 2 heteroatoms. The van der Waals surface area contributed by atoms with Gasteiger partial charge in [-0.05, 0) is 13.3 Å². The van der Waals surface area contributed by atoms with E-state index in [1.807, 2.05) is 0 Å². The minimum Gasteiger partial charge on any atom is -0.381 e. The molecule has 0 aromatic carbocycles. The quantitative estimate of drug-likeness (QED) is 0.474. The molecule has 0 saturated carbocycles. The van der Waals surface area contributed by atoms with Crippen molar-refractivity contribution in [1.82, 2.24) is 0 Å². The van der Waals surface area contributed by atoms with E-state index in [0.717, 1.165) is 12.8 Å². The number of rotatable bonds is 2. The molecule has 2 nitrogen and oxygen atoms in total. The van der Waals surface area contributed by atoms with Gasteiger partial charge in [0.1, 0.15) is 6.10 Å².